The van der Waals surface area contributed by atoms with Gasteiger partial charge in [-0.1, -0.05) is 40.9 Å². The molecule has 110 valence electrons. The van der Waals surface area contributed by atoms with Crippen molar-refractivity contribution in [2.45, 2.75) is 25.4 Å². The fourth-order valence-electron chi connectivity index (χ4n) is 1.84. The number of nitrogens with zero attached hydrogens (tertiary/aromatic N) is 1. The number of nitrogens with one attached hydrogen (secondary N) is 1. The third-order valence-electron chi connectivity index (χ3n) is 3.12. The lowest BCUT2D eigenvalue weighted by Crippen LogP contribution is -2.16. The molecule has 1 saturated carbocycles. The van der Waals surface area contributed by atoms with Gasteiger partial charge < -0.3 is 10.1 Å². The van der Waals surface area contributed by atoms with E-state index in [1.54, 1.807) is 18.2 Å². The zero-order chi connectivity index (χ0) is 14.8. The molecule has 21 heavy (non-hydrogen) atoms. The quantitative estimate of drug-likeness (QED) is 0.768. The normalized spacial score (nSPS) is 14.2. The van der Waals surface area contributed by atoms with E-state index < -0.39 is 0 Å². The molecule has 0 spiro atoms. The fourth-order valence-corrected chi connectivity index (χ4v) is 2.42. The number of hydrogen-bond donors (Lipinski definition) is 1. The van der Waals surface area contributed by atoms with Crippen LogP contribution in [-0.4, -0.2) is 11.0 Å². The van der Waals surface area contributed by atoms with Crippen LogP contribution in [0.4, 0.5) is 0 Å². The van der Waals surface area contributed by atoms with E-state index in [1.165, 1.54) is 12.8 Å². The highest BCUT2D eigenvalue weighted by atomic mass is 35.5. The predicted molar refractivity (Wildman–Crippen MR) is 85.6 cm³/mol. The lowest BCUT2D eigenvalue weighted by atomic mass is 10.3. The van der Waals surface area contributed by atoms with E-state index in [0.29, 0.717) is 32.7 Å². The van der Waals surface area contributed by atoms with E-state index in [4.69, 9.17) is 39.5 Å². The third kappa shape index (κ3) is 4.01. The Morgan fingerprint density at radius 2 is 1.86 bits per heavy atom. The van der Waals surface area contributed by atoms with Crippen molar-refractivity contribution >= 4 is 34.8 Å². The van der Waals surface area contributed by atoms with Crippen LogP contribution in [0, 0.1) is 0 Å². The molecule has 1 heterocycles. The lowest BCUT2D eigenvalue weighted by Gasteiger charge is -2.09. The van der Waals surface area contributed by atoms with Crippen LogP contribution >= 0.6 is 34.8 Å². The Hall–Kier alpha value is -1.00. The minimum absolute atomic E-state index is 0.391. The summed E-state index contributed by atoms with van der Waals surface area (Å²) in [5.41, 5.74) is 0.926. The molecule has 0 saturated heterocycles. The highest BCUT2D eigenvalue weighted by molar-refractivity contribution is 6.43. The molecule has 1 aliphatic rings. The first kappa shape index (κ1) is 14.9. The van der Waals surface area contributed by atoms with Crippen molar-refractivity contribution in [1.82, 2.24) is 10.3 Å². The summed E-state index contributed by atoms with van der Waals surface area (Å²) in [6.45, 7) is 0.733. The van der Waals surface area contributed by atoms with Gasteiger partial charge in [0.1, 0.15) is 5.75 Å². The van der Waals surface area contributed by atoms with Crippen LogP contribution in [0.25, 0.3) is 0 Å². The molecule has 0 bridgehead atoms. The van der Waals surface area contributed by atoms with Gasteiger partial charge in [-0.3, -0.25) is 0 Å². The Bertz CT molecular complexity index is 659. The van der Waals surface area contributed by atoms with Gasteiger partial charge in [0.15, 0.2) is 0 Å². The Morgan fingerprint density at radius 1 is 1.10 bits per heavy atom. The van der Waals surface area contributed by atoms with Crippen LogP contribution in [-0.2, 0) is 6.54 Å². The minimum atomic E-state index is 0.391. The van der Waals surface area contributed by atoms with Gasteiger partial charge in [0, 0.05) is 24.7 Å². The maximum atomic E-state index is 6.09. The van der Waals surface area contributed by atoms with Crippen molar-refractivity contribution in [2.75, 3.05) is 0 Å². The molecule has 0 radical (unpaired) electrons. The smallest absolute Gasteiger partial charge is 0.219 e. The van der Waals surface area contributed by atoms with Gasteiger partial charge in [-0.25, -0.2) is 4.98 Å². The van der Waals surface area contributed by atoms with Crippen LogP contribution in [0.2, 0.25) is 15.1 Å². The van der Waals surface area contributed by atoms with Crippen molar-refractivity contribution < 1.29 is 4.74 Å². The number of rotatable bonds is 5. The van der Waals surface area contributed by atoms with E-state index in [2.05, 4.69) is 10.3 Å². The number of halogens is 3. The average molecular weight is 344 g/mol. The maximum absolute atomic E-state index is 6.09. The molecular formula is C15H13Cl3N2O. The summed E-state index contributed by atoms with van der Waals surface area (Å²) in [7, 11) is 0. The summed E-state index contributed by atoms with van der Waals surface area (Å²) in [4.78, 5) is 4.44. The summed E-state index contributed by atoms with van der Waals surface area (Å²) in [6, 6.07) is 9.42. The van der Waals surface area contributed by atoms with E-state index >= 15 is 0 Å². The predicted octanol–water partition coefficient (Wildman–Crippen LogP) is 5.09. The number of pyridine rings is 1. The average Bonchev–Trinajstić information content (AvgIpc) is 3.27. The molecule has 1 aromatic carbocycles. The zero-order valence-electron chi connectivity index (χ0n) is 11.1. The first-order valence-corrected chi connectivity index (χ1v) is 7.77. The minimum Gasteiger partial charge on any atom is -0.437 e. The second-order valence-electron chi connectivity index (χ2n) is 4.92. The summed E-state index contributed by atoms with van der Waals surface area (Å²) in [6.07, 6.45) is 2.49. The van der Waals surface area contributed by atoms with Gasteiger partial charge in [-0.2, -0.15) is 0 Å². The highest BCUT2D eigenvalue weighted by Gasteiger charge is 2.20. The van der Waals surface area contributed by atoms with Gasteiger partial charge >= 0.3 is 0 Å². The monoisotopic (exact) mass is 342 g/mol. The molecule has 1 fully saturated rings. The standard InChI is InChI=1S/C15H13Cl3N2O/c16-11-6-13(18)14(7-12(11)17)21-15-3-1-2-10(20-15)8-19-9-4-5-9/h1-3,6-7,9,19H,4-5,8H2. The molecule has 6 heteroatoms. The van der Waals surface area contributed by atoms with Gasteiger partial charge in [-0.15, -0.1) is 0 Å². The van der Waals surface area contributed by atoms with Crippen LogP contribution in [0.15, 0.2) is 30.3 Å². The molecule has 2 aromatic rings. The molecule has 1 aromatic heterocycles. The molecule has 3 rings (SSSR count). The van der Waals surface area contributed by atoms with Crippen LogP contribution in [0.5, 0.6) is 11.6 Å². The Kier molecular flexibility index (Phi) is 4.55. The van der Waals surface area contributed by atoms with Crippen LogP contribution in [0.1, 0.15) is 18.5 Å². The number of hydrogen-bond acceptors (Lipinski definition) is 3. The summed E-state index contributed by atoms with van der Waals surface area (Å²) in [5, 5.41) is 4.59. The Labute approximate surface area is 138 Å². The maximum Gasteiger partial charge on any atom is 0.219 e. The van der Waals surface area contributed by atoms with Crippen molar-refractivity contribution in [1.29, 1.82) is 0 Å². The fraction of sp³-hybridized carbons (Fsp3) is 0.267. The largest absolute Gasteiger partial charge is 0.437 e. The molecule has 0 atom stereocenters. The second-order valence-corrected chi connectivity index (χ2v) is 6.14. The van der Waals surface area contributed by atoms with Gasteiger partial charge in [0.25, 0.3) is 0 Å². The van der Waals surface area contributed by atoms with E-state index in [1.807, 2.05) is 12.1 Å². The SMILES string of the molecule is Clc1cc(Cl)c(Oc2cccc(CNC3CC3)n2)cc1Cl. The van der Waals surface area contributed by atoms with Gasteiger partial charge in [-0.05, 0) is 25.0 Å². The van der Waals surface area contributed by atoms with E-state index in [-0.39, 0.29) is 0 Å². The Morgan fingerprint density at radius 3 is 2.62 bits per heavy atom. The van der Waals surface area contributed by atoms with Gasteiger partial charge in [0.2, 0.25) is 5.88 Å². The second kappa shape index (κ2) is 6.41. The van der Waals surface area contributed by atoms with E-state index in [0.717, 1.165) is 12.2 Å². The van der Waals surface area contributed by atoms with Crippen molar-refractivity contribution in [2.24, 2.45) is 0 Å². The van der Waals surface area contributed by atoms with E-state index in [9.17, 15) is 0 Å². The number of aromatic nitrogens is 1. The molecule has 0 amide bonds. The molecule has 0 aliphatic heterocycles. The highest BCUT2D eigenvalue weighted by Crippen LogP contribution is 2.35. The van der Waals surface area contributed by atoms with Crippen molar-refractivity contribution in [3.05, 3.63) is 51.1 Å². The molecule has 3 nitrogen and oxygen atoms in total. The number of benzene rings is 1. The van der Waals surface area contributed by atoms with Crippen molar-refractivity contribution in [3.8, 4) is 11.6 Å². The Balaban J connectivity index is 1.74. The third-order valence-corrected chi connectivity index (χ3v) is 4.14. The van der Waals surface area contributed by atoms with Crippen LogP contribution in [0.3, 0.4) is 0 Å². The van der Waals surface area contributed by atoms with Gasteiger partial charge in [0.05, 0.1) is 20.8 Å². The molecule has 1 aliphatic carbocycles. The number of ether oxygens (including phenoxy) is 1. The first-order valence-electron chi connectivity index (χ1n) is 6.63. The van der Waals surface area contributed by atoms with Crippen LogP contribution < -0.4 is 10.1 Å². The lowest BCUT2D eigenvalue weighted by molar-refractivity contribution is 0.459. The molecular weight excluding hydrogens is 331 g/mol. The van der Waals surface area contributed by atoms with Crippen molar-refractivity contribution in [3.63, 3.8) is 0 Å². The molecule has 1 N–H and O–H groups in total. The topological polar surface area (TPSA) is 34.1 Å². The summed E-state index contributed by atoms with van der Waals surface area (Å²) < 4.78 is 5.69. The first-order chi connectivity index (χ1) is 10.1. The summed E-state index contributed by atoms with van der Waals surface area (Å²) in [5.74, 6) is 0.913. The zero-order valence-corrected chi connectivity index (χ0v) is 13.3. The summed E-state index contributed by atoms with van der Waals surface area (Å²) >= 11 is 18.0. The molecule has 0 unspecified atom stereocenters.